The molecule has 0 spiro atoms. The average Bonchev–Trinajstić information content (AvgIpc) is 2.75. The largest absolute Gasteiger partial charge is 0.351 e. The van der Waals surface area contributed by atoms with Crippen LogP contribution in [0.1, 0.15) is 25.3 Å². The molecule has 0 saturated carbocycles. The number of carbonyl (C=O) groups excluding carboxylic acids is 3. The Balaban J connectivity index is 1.50. The van der Waals surface area contributed by atoms with Crippen LogP contribution in [0, 0.1) is 0 Å². The van der Waals surface area contributed by atoms with E-state index in [1.165, 1.54) is 6.92 Å². The molecule has 0 bridgehead atoms. The molecular formula is C23H28N4O3. The maximum absolute atomic E-state index is 12.8. The molecular weight excluding hydrogens is 380 g/mol. The predicted octanol–water partition coefficient (Wildman–Crippen LogP) is 2.55. The number of urea groups is 1. The van der Waals surface area contributed by atoms with Crippen molar-refractivity contribution in [2.24, 2.45) is 0 Å². The van der Waals surface area contributed by atoms with Crippen molar-refractivity contribution in [3.05, 3.63) is 66.2 Å². The van der Waals surface area contributed by atoms with E-state index in [4.69, 9.17) is 0 Å². The van der Waals surface area contributed by atoms with Gasteiger partial charge in [-0.3, -0.25) is 9.59 Å². The van der Waals surface area contributed by atoms with E-state index in [1.54, 1.807) is 4.90 Å². The van der Waals surface area contributed by atoms with Crippen LogP contribution < -0.4 is 16.0 Å². The SMILES string of the molecule is CC(=O)N[C@H](Cc1ccccc1)C(=O)NC1CCN(C(=O)Nc2ccccc2)CC1. The van der Waals surface area contributed by atoms with Crippen LogP contribution in [0.25, 0.3) is 0 Å². The second-order valence-electron chi connectivity index (χ2n) is 7.51. The van der Waals surface area contributed by atoms with Gasteiger partial charge in [-0.15, -0.1) is 0 Å². The van der Waals surface area contributed by atoms with Crippen LogP contribution in [0.2, 0.25) is 0 Å². The van der Waals surface area contributed by atoms with Crippen LogP contribution in [0.4, 0.5) is 10.5 Å². The molecule has 1 heterocycles. The van der Waals surface area contributed by atoms with Gasteiger partial charge in [-0.2, -0.15) is 0 Å². The molecule has 7 nitrogen and oxygen atoms in total. The van der Waals surface area contributed by atoms with Gasteiger partial charge in [0.05, 0.1) is 0 Å². The normalized spacial score (nSPS) is 15.2. The molecule has 1 saturated heterocycles. The Morgan fingerprint density at radius 2 is 1.57 bits per heavy atom. The third-order valence-electron chi connectivity index (χ3n) is 5.13. The first-order valence-corrected chi connectivity index (χ1v) is 10.2. The van der Waals surface area contributed by atoms with E-state index in [1.807, 2.05) is 60.7 Å². The van der Waals surface area contributed by atoms with Crippen molar-refractivity contribution < 1.29 is 14.4 Å². The molecule has 0 radical (unpaired) electrons. The summed E-state index contributed by atoms with van der Waals surface area (Å²) in [7, 11) is 0. The third kappa shape index (κ3) is 6.34. The Kier molecular flexibility index (Phi) is 7.43. The first-order chi connectivity index (χ1) is 14.5. The summed E-state index contributed by atoms with van der Waals surface area (Å²) in [5.41, 5.74) is 1.75. The zero-order valence-electron chi connectivity index (χ0n) is 17.1. The topological polar surface area (TPSA) is 90.5 Å². The summed E-state index contributed by atoms with van der Waals surface area (Å²) in [6.07, 6.45) is 1.78. The summed E-state index contributed by atoms with van der Waals surface area (Å²) in [5.74, 6) is -0.431. The van der Waals surface area contributed by atoms with Gasteiger partial charge in [0.15, 0.2) is 0 Å². The van der Waals surface area contributed by atoms with Gasteiger partial charge < -0.3 is 20.9 Å². The second-order valence-corrected chi connectivity index (χ2v) is 7.51. The fourth-order valence-corrected chi connectivity index (χ4v) is 3.56. The summed E-state index contributed by atoms with van der Waals surface area (Å²) in [6, 6.07) is 18.2. The van der Waals surface area contributed by atoms with Gasteiger partial charge in [0, 0.05) is 38.2 Å². The van der Waals surface area contributed by atoms with Crippen LogP contribution in [-0.2, 0) is 16.0 Å². The van der Waals surface area contributed by atoms with Gasteiger partial charge in [-0.1, -0.05) is 48.5 Å². The van der Waals surface area contributed by atoms with Gasteiger partial charge in [0.2, 0.25) is 11.8 Å². The van der Waals surface area contributed by atoms with E-state index in [2.05, 4.69) is 16.0 Å². The maximum atomic E-state index is 12.8. The first kappa shape index (κ1) is 21.4. The minimum atomic E-state index is -0.621. The molecule has 158 valence electrons. The van der Waals surface area contributed by atoms with Gasteiger partial charge in [-0.25, -0.2) is 4.79 Å². The van der Waals surface area contributed by atoms with Crippen molar-refractivity contribution in [2.75, 3.05) is 18.4 Å². The molecule has 3 rings (SSSR count). The van der Waals surface area contributed by atoms with Crippen molar-refractivity contribution in [3.63, 3.8) is 0 Å². The molecule has 0 unspecified atom stereocenters. The molecule has 2 aromatic rings. The molecule has 4 amide bonds. The number of carbonyl (C=O) groups is 3. The van der Waals surface area contributed by atoms with Gasteiger partial charge in [0.25, 0.3) is 0 Å². The average molecular weight is 409 g/mol. The lowest BCUT2D eigenvalue weighted by Gasteiger charge is -2.33. The Morgan fingerprint density at radius 3 is 2.17 bits per heavy atom. The highest BCUT2D eigenvalue weighted by Gasteiger charge is 2.27. The number of nitrogens with zero attached hydrogens (tertiary/aromatic N) is 1. The summed E-state index contributed by atoms with van der Waals surface area (Å²) >= 11 is 0. The molecule has 30 heavy (non-hydrogen) atoms. The van der Waals surface area contributed by atoms with E-state index in [0.29, 0.717) is 32.4 Å². The van der Waals surface area contributed by atoms with Gasteiger partial charge in [-0.05, 0) is 30.5 Å². The van der Waals surface area contributed by atoms with E-state index < -0.39 is 6.04 Å². The van der Waals surface area contributed by atoms with Crippen LogP contribution >= 0.6 is 0 Å². The highest BCUT2D eigenvalue weighted by atomic mass is 16.2. The number of rotatable bonds is 6. The second kappa shape index (κ2) is 10.4. The number of hydrogen-bond donors (Lipinski definition) is 3. The predicted molar refractivity (Wildman–Crippen MR) is 116 cm³/mol. The molecule has 0 aromatic heterocycles. The number of likely N-dealkylation sites (tertiary alicyclic amines) is 1. The van der Waals surface area contributed by atoms with E-state index in [0.717, 1.165) is 11.3 Å². The van der Waals surface area contributed by atoms with E-state index >= 15 is 0 Å². The Hall–Kier alpha value is -3.35. The zero-order valence-corrected chi connectivity index (χ0v) is 17.1. The van der Waals surface area contributed by atoms with Crippen molar-refractivity contribution in [2.45, 2.75) is 38.3 Å². The lowest BCUT2D eigenvalue weighted by molar-refractivity contribution is -0.128. The number of para-hydroxylation sites is 1. The highest BCUT2D eigenvalue weighted by molar-refractivity contribution is 5.89. The Bertz CT molecular complexity index is 849. The van der Waals surface area contributed by atoms with Crippen LogP contribution in [0.15, 0.2) is 60.7 Å². The summed E-state index contributed by atoms with van der Waals surface area (Å²) in [5, 5.41) is 8.67. The number of hydrogen-bond acceptors (Lipinski definition) is 3. The monoisotopic (exact) mass is 408 g/mol. The van der Waals surface area contributed by atoms with E-state index in [-0.39, 0.29) is 23.9 Å². The van der Waals surface area contributed by atoms with Gasteiger partial charge >= 0.3 is 6.03 Å². The lowest BCUT2D eigenvalue weighted by atomic mass is 10.0. The van der Waals surface area contributed by atoms with Gasteiger partial charge in [0.1, 0.15) is 6.04 Å². The Morgan fingerprint density at radius 1 is 0.967 bits per heavy atom. The molecule has 1 aliphatic rings. The maximum Gasteiger partial charge on any atom is 0.321 e. The molecule has 1 atom stereocenters. The van der Waals surface area contributed by atoms with Crippen molar-refractivity contribution in [3.8, 4) is 0 Å². The molecule has 0 aliphatic carbocycles. The quantitative estimate of drug-likeness (QED) is 0.686. The summed E-state index contributed by atoms with van der Waals surface area (Å²) < 4.78 is 0. The van der Waals surface area contributed by atoms with Crippen molar-refractivity contribution in [1.29, 1.82) is 0 Å². The standard InChI is InChI=1S/C23H28N4O3/c1-17(28)24-21(16-18-8-4-2-5-9-18)22(29)25-20-12-14-27(15-13-20)23(30)26-19-10-6-3-7-11-19/h2-11,20-21H,12-16H2,1H3,(H,24,28)(H,25,29)(H,26,30)/t21-/m1/s1. The van der Waals surface area contributed by atoms with Crippen LogP contribution in [0.5, 0.6) is 0 Å². The van der Waals surface area contributed by atoms with Crippen molar-refractivity contribution in [1.82, 2.24) is 15.5 Å². The van der Waals surface area contributed by atoms with Crippen molar-refractivity contribution >= 4 is 23.5 Å². The lowest BCUT2D eigenvalue weighted by Crippen LogP contribution is -2.53. The number of amides is 4. The minimum Gasteiger partial charge on any atom is -0.351 e. The molecule has 1 fully saturated rings. The number of nitrogens with one attached hydrogen (secondary N) is 3. The fraction of sp³-hybridized carbons (Fsp3) is 0.348. The molecule has 7 heteroatoms. The molecule has 2 aromatic carbocycles. The molecule has 3 N–H and O–H groups in total. The minimum absolute atomic E-state index is 0.0229. The van der Waals surface area contributed by atoms with Crippen LogP contribution in [-0.4, -0.2) is 47.9 Å². The zero-order chi connectivity index (χ0) is 21.3. The summed E-state index contributed by atoms with van der Waals surface area (Å²) in [6.45, 7) is 2.54. The first-order valence-electron chi connectivity index (χ1n) is 10.2. The van der Waals surface area contributed by atoms with E-state index in [9.17, 15) is 14.4 Å². The Labute approximate surface area is 176 Å². The number of benzene rings is 2. The number of piperidine rings is 1. The fourth-order valence-electron chi connectivity index (χ4n) is 3.56. The highest BCUT2D eigenvalue weighted by Crippen LogP contribution is 2.14. The van der Waals surface area contributed by atoms with Crippen LogP contribution in [0.3, 0.4) is 0 Å². The third-order valence-corrected chi connectivity index (χ3v) is 5.13. The number of anilines is 1. The summed E-state index contributed by atoms with van der Waals surface area (Å²) in [4.78, 5) is 38.5. The smallest absolute Gasteiger partial charge is 0.321 e. The molecule has 1 aliphatic heterocycles.